The van der Waals surface area contributed by atoms with Crippen LogP contribution in [0, 0.1) is 0 Å². The molecule has 28 heavy (non-hydrogen) atoms. The summed E-state index contributed by atoms with van der Waals surface area (Å²) in [5, 5.41) is 40.4. The van der Waals surface area contributed by atoms with Crippen LogP contribution in [0.4, 0.5) is 0 Å². The first-order valence-electron chi connectivity index (χ1n) is 8.77. The molecule has 1 aliphatic heterocycles. The lowest BCUT2D eigenvalue weighted by atomic mass is 9.87. The van der Waals surface area contributed by atoms with Gasteiger partial charge in [-0.15, -0.1) is 0 Å². The van der Waals surface area contributed by atoms with E-state index in [1.54, 1.807) is 18.2 Å². The van der Waals surface area contributed by atoms with Gasteiger partial charge in [0.15, 0.2) is 0 Å². The third kappa shape index (κ3) is 3.95. The van der Waals surface area contributed by atoms with Crippen molar-refractivity contribution in [3.8, 4) is 5.75 Å². The van der Waals surface area contributed by atoms with Crippen LogP contribution >= 0.6 is 15.9 Å². The quantitative estimate of drug-likeness (QED) is 0.520. The minimum atomic E-state index is -1.76. The van der Waals surface area contributed by atoms with Gasteiger partial charge >= 0.3 is 0 Å². The first-order chi connectivity index (χ1) is 13.4. The number of aliphatic hydroxyl groups excluding tert-OH is 4. The highest BCUT2D eigenvalue weighted by atomic mass is 79.9. The topological polar surface area (TPSA) is 109 Å². The predicted octanol–water partition coefficient (Wildman–Crippen LogP) is 1.30. The molecule has 0 radical (unpaired) electrons. The van der Waals surface area contributed by atoms with E-state index in [-0.39, 0.29) is 6.61 Å². The first-order valence-corrected chi connectivity index (χ1v) is 9.57. The fraction of sp³-hybridized carbons (Fsp3) is 0.400. The van der Waals surface area contributed by atoms with E-state index >= 15 is 0 Å². The van der Waals surface area contributed by atoms with Crippen molar-refractivity contribution in [3.63, 3.8) is 0 Å². The number of hydrogen-bond acceptors (Lipinski definition) is 7. The second-order valence-electron chi connectivity index (χ2n) is 6.54. The Hall–Kier alpha value is -1.52. The Morgan fingerprint density at radius 1 is 1.07 bits per heavy atom. The molecule has 5 atom stereocenters. The fourth-order valence-corrected chi connectivity index (χ4v) is 3.61. The summed E-state index contributed by atoms with van der Waals surface area (Å²) in [5.41, 5.74) is 1.18. The smallest absolute Gasteiger partial charge is 0.224 e. The van der Waals surface area contributed by atoms with E-state index < -0.39 is 36.8 Å². The van der Waals surface area contributed by atoms with E-state index in [2.05, 4.69) is 15.9 Å². The molecule has 0 bridgehead atoms. The number of para-hydroxylation sites is 1. The van der Waals surface area contributed by atoms with Gasteiger partial charge in [0.2, 0.25) is 5.79 Å². The molecule has 0 aromatic heterocycles. The third-order valence-electron chi connectivity index (χ3n) is 4.84. The Kier molecular flexibility index (Phi) is 6.72. The summed E-state index contributed by atoms with van der Waals surface area (Å²) in [6.45, 7) is -0.306. The van der Waals surface area contributed by atoms with Crippen LogP contribution in [0.2, 0.25) is 0 Å². The van der Waals surface area contributed by atoms with Crippen molar-refractivity contribution in [1.82, 2.24) is 0 Å². The Labute approximate surface area is 171 Å². The average Bonchev–Trinajstić information content (AvgIpc) is 2.73. The predicted molar refractivity (Wildman–Crippen MR) is 104 cm³/mol. The molecule has 0 aliphatic carbocycles. The van der Waals surface area contributed by atoms with Crippen molar-refractivity contribution in [1.29, 1.82) is 0 Å². The van der Waals surface area contributed by atoms with E-state index in [9.17, 15) is 20.4 Å². The molecule has 1 saturated heterocycles. The molecule has 0 spiro atoms. The van der Waals surface area contributed by atoms with Crippen LogP contribution in [-0.4, -0.2) is 58.6 Å². The van der Waals surface area contributed by atoms with Gasteiger partial charge in [0.05, 0.1) is 6.61 Å². The molecule has 1 heterocycles. The molecule has 152 valence electrons. The maximum atomic E-state index is 10.6. The normalized spacial score (nSPS) is 30.2. The van der Waals surface area contributed by atoms with Gasteiger partial charge in [-0.1, -0.05) is 40.2 Å². The van der Waals surface area contributed by atoms with Crippen LogP contribution in [-0.2, 0) is 21.9 Å². The van der Waals surface area contributed by atoms with Gasteiger partial charge < -0.3 is 34.6 Å². The number of hydrogen-bond donors (Lipinski definition) is 4. The Morgan fingerprint density at radius 2 is 1.79 bits per heavy atom. The minimum Gasteiger partial charge on any atom is -0.489 e. The maximum Gasteiger partial charge on any atom is 0.224 e. The lowest BCUT2D eigenvalue weighted by Crippen LogP contribution is -2.64. The molecular formula is C20H23BrO7. The molecule has 7 nitrogen and oxygen atoms in total. The average molecular weight is 455 g/mol. The van der Waals surface area contributed by atoms with E-state index in [4.69, 9.17) is 14.2 Å². The Balaban J connectivity index is 1.92. The molecule has 2 aromatic carbocycles. The largest absolute Gasteiger partial charge is 0.489 e. The van der Waals surface area contributed by atoms with Crippen LogP contribution in [0.1, 0.15) is 11.1 Å². The molecular weight excluding hydrogens is 432 g/mol. The van der Waals surface area contributed by atoms with Crippen molar-refractivity contribution >= 4 is 15.9 Å². The molecule has 0 saturated carbocycles. The molecule has 1 fully saturated rings. The standard InChI is InChI=1S/C20H23BrO7/c1-26-20(19(25)18(24)17(23)16(10-22)28-20)13-7-8-15(21)12(9-13)11-27-14-5-3-2-4-6-14/h2-9,16-19,22-25H,10-11H2,1H3/t16-,17-,18+,19-,20+/m1/s1. The van der Waals surface area contributed by atoms with Crippen molar-refractivity contribution in [3.05, 3.63) is 64.1 Å². The summed E-state index contributed by atoms with van der Waals surface area (Å²) in [4.78, 5) is 0. The first kappa shape index (κ1) is 21.2. The summed E-state index contributed by atoms with van der Waals surface area (Å²) in [5.74, 6) is -1.05. The van der Waals surface area contributed by atoms with Gasteiger partial charge in [-0.05, 0) is 24.3 Å². The van der Waals surface area contributed by atoms with Crippen LogP contribution in [0.5, 0.6) is 5.75 Å². The third-order valence-corrected chi connectivity index (χ3v) is 5.61. The van der Waals surface area contributed by atoms with Crippen molar-refractivity contribution < 1.29 is 34.6 Å². The maximum absolute atomic E-state index is 10.6. The van der Waals surface area contributed by atoms with Crippen LogP contribution in [0.3, 0.4) is 0 Å². The highest BCUT2D eigenvalue weighted by molar-refractivity contribution is 9.10. The van der Waals surface area contributed by atoms with E-state index in [1.807, 2.05) is 30.3 Å². The van der Waals surface area contributed by atoms with Crippen molar-refractivity contribution in [2.45, 2.75) is 36.8 Å². The fourth-order valence-electron chi connectivity index (χ4n) is 3.25. The van der Waals surface area contributed by atoms with E-state index in [1.165, 1.54) is 7.11 Å². The number of benzene rings is 2. The summed E-state index contributed by atoms with van der Waals surface area (Å²) in [7, 11) is 1.32. The van der Waals surface area contributed by atoms with E-state index in [0.717, 1.165) is 10.0 Å². The van der Waals surface area contributed by atoms with Crippen LogP contribution in [0.25, 0.3) is 0 Å². The number of ether oxygens (including phenoxy) is 3. The molecule has 3 rings (SSSR count). The van der Waals surface area contributed by atoms with Gasteiger partial charge in [-0.3, -0.25) is 0 Å². The zero-order valence-corrected chi connectivity index (χ0v) is 16.8. The van der Waals surface area contributed by atoms with E-state index in [0.29, 0.717) is 11.3 Å². The lowest BCUT2D eigenvalue weighted by Gasteiger charge is -2.47. The Morgan fingerprint density at radius 3 is 2.43 bits per heavy atom. The number of rotatable bonds is 6. The summed E-state index contributed by atoms with van der Waals surface area (Å²) >= 11 is 3.48. The van der Waals surface area contributed by atoms with Crippen molar-refractivity contribution in [2.24, 2.45) is 0 Å². The number of halogens is 1. The van der Waals surface area contributed by atoms with Gasteiger partial charge in [0.25, 0.3) is 0 Å². The number of aliphatic hydroxyl groups is 4. The second kappa shape index (κ2) is 8.87. The Bertz CT molecular complexity index is 785. The second-order valence-corrected chi connectivity index (χ2v) is 7.40. The number of methoxy groups -OCH3 is 1. The summed E-state index contributed by atoms with van der Waals surface area (Å²) in [6.07, 6.45) is -5.69. The summed E-state index contributed by atoms with van der Waals surface area (Å²) in [6, 6.07) is 14.5. The minimum absolute atomic E-state index is 0.239. The van der Waals surface area contributed by atoms with Crippen molar-refractivity contribution in [2.75, 3.05) is 13.7 Å². The zero-order valence-electron chi connectivity index (χ0n) is 15.2. The highest BCUT2D eigenvalue weighted by Gasteiger charge is 2.55. The highest BCUT2D eigenvalue weighted by Crippen LogP contribution is 2.40. The molecule has 1 aliphatic rings. The van der Waals surface area contributed by atoms with Crippen LogP contribution in [0.15, 0.2) is 53.0 Å². The van der Waals surface area contributed by atoms with Gasteiger partial charge in [-0.25, -0.2) is 0 Å². The summed E-state index contributed by atoms with van der Waals surface area (Å²) < 4.78 is 17.8. The molecule has 2 aromatic rings. The molecule has 4 N–H and O–H groups in total. The van der Waals surface area contributed by atoms with Crippen LogP contribution < -0.4 is 4.74 Å². The van der Waals surface area contributed by atoms with Gasteiger partial charge in [-0.2, -0.15) is 0 Å². The molecule has 8 heteroatoms. The molecule has 0 unspecified atom stereocenters. The SMILES string of the molecule is CO[C@@]1(c2ccc(Br)c(COc3ccccc3)c2)O[C@H](CO)[C@@H](O)[C@H](O)[C@H]1O. The zero-order chi connectivity index (χ0) is 20.3. The monoisotopic (exact) mass is 454 g/mol. The molecule has 0 amide bonds. The van der Waals surface area contributed by atoms with Gasteiger partial charge in [0, 0.05) is 22.7 Å². The lowest BCUT2D eigenvalue weighted by molar-refractivity contribution is -0.366. The van der Waals surface area contributed by atoms with Gasteiger partial charge in [0.1, 0.15) is 36.8 Å².